The average Bonchev–Trinajstić information content (AvgIpc) is 2.33. The molecule has 0 fully saturated rings. The van der Waals surface area contributed by atoms with E-state index >= 15 is 0 Å². The highest BCUT2D eigenvalue weighted by molar-refractivity contribution is 5.85. The van der Waals surface area contributed by atoms with Gasteiger partial charge in [-0.3, -0.25) is 4.79 Å². The van der Waals surface area contributed by atoms with Crippen molar-refractivity contribution in [1.82, 2.24) is 15.2 Å². The van der Waals surface area contributed by atoms with E-state index in [2.05, 4.69) is 15.2 Å². The Morgan fingerprint density at radius 2 is 2.00 bits per heavy atom. The summed E-state index contributed by atoms with van der Waals surface area (Å²) < 4.78 is 0. The minimum Gasteiger partial charge on any atom is -0.329 e. The lowest BCUT2D eigenvalue weighted by Crippen LogP contribution is -2.22. The molecule has 1 aromatic heterocycles. The molecule has 1 aromatic rings. The van der Waals surface area contributed by atoms with Gasteiger partial charge in [0.25, 0.3) is 0 Å². The first-order chi connectivity index (χ1) is 5.89. The van der Waals surface area contributed by atoms with Gasteiger partial charge in [0, 0.05) is 5.41 Å². The zero-order chi connectivity index (χ0) is 10.1. The Bertz CT molecular complexity index is 309. The van der Waals surface area contributed by atoms with Crippen molar-refractivity contribution in [3.05, 3.63) is 11.6 Å². The maximum absolute atomic E-state index is 11.6. The van der Waals surface area contributed by atoms with E-state index in [0.717, 1.165) is 5.82 Å². The number of carbonyl (C=O) groups excluding carboxylic acids is 1. The highest BCUT2D eigenvalue weighted by Gasteiger charge is 2.22. The molecule has 0 saturated carbocycles. The van der Waals surface area contributed by atoms with E-state index in [4.69, 9.17) is 0 Å². The van der Waals surface area contributed by atoms with Gasteiger partial charge in [0.05, 0.1) is 6.42 Å². The van der Waals surface area contributed by atoms with Crippen molar-refractivity contribution >= 4 is 5.78 Å². The molecule has 0 aliphatic carbocycles. The van der Waals surface area contributed by atoms with E-state index in [9.17, 15) is 4.79 Å². The van der Waals surface area contributed by atoms with Crippen LogP contribution in [0.25, 0.3) is 0 Å². The van der Waals surface area contributed by atoms with Crippen LogP contribution in [0.5, 0.6) is 0 Å². The topological polar surface area (TPSA) is 58.6 Å². The van der Waals surface area contributed by atoms with Crippen molar-refractivity contribution in [1.29, 1.82) is 0 Å². The van der Waals surface area contributed by atoms with Gasteiger partial charge in [-0.1, -0.05) is 20.8 Å². The van der Waals surface area contributed by atoms with Gasteiger partial charge in [0.15, 0.2) is 0 Å². The van der Waals surface area contributed by atoms with Gasteiger partial charge in [-0.05, 0) is 6.92 Å². The lowest BCUT2D eigenvalue weighted by atomic mass is 9.89. The number of hydrogen-bond acceptors (Lipinski definition) is 3. The monoisotopic (exact) mass is 181 g/mol. The summed E-state index contributed by atoms with van der Waals surface area (Å²) in [4.78, 5) is 14.5. The second-order valence-corrected chi connectivity index (χ2v) is 4.21. The minimum absolute atomic E-state index is 0.170. The summed E-state index contributed by atoms with van der Waals surface area (Å²) in [5.41, 5.74) is -0.305. The van der Waals surface area contributed by atoms with Crippen LogP contribution in [0.1, 0.15) is 32.4 Å². The van der Waals surface area contributed by atoms with Crippen molar-refractivity contribution in [2.75, 3.05) is 0 Å². The molecule has 0 unspecified atom stereocenters. The lowest BCUT2D eigenvalue weighted by Gasteiger charge is -2.14. The SMILES string of the molecule is Cc1nnc(CC(=O)C(C)(C)C)[nH]1. The molecule has 0 radical (unpaired) electrons. The van der Waals surface area contributed by atoms with Crippen LogP contribution < -0.4 is 0 Å². The number of H-pyrrole nitrogens is 1. The number of aryl methyl sites for hydroxylation is 1. The Balaban J connectivity index is 2.65. The third kappa shape index (κ3) is 2.65. The number of aromatic nitrogens is 3. The molecule has 0 saturated heterocycles. The second-order valence-electron chi connectivity index (χ2n) is 4.21. The summed E-state index contributed by atoms with van der Waals surface area (Å²) in [5, 5.41) is 7.64. The maximum Gasteiger partial charge on any atom is 0.145 e. The minimum atomic E-state index is -0.305. The molecule has 1 N–H and O–H groups in total. The highest BCUT2D eigenvalue weighted by Crippen LogP contribution is 2.16. The molecule has 4 heteroatoms. The first kappa shape index (κ1) is 9.89. The fourth-order valence-electron chi connectivity index (χ4n) is 0.891. The van der Waals surface area contributed by atoms with Crippen LogP contribution in [0.2, 0.25) is 0 Å². The third-order valence-corrected chi connectivity index (χ3v) is 1.81. The summed E-state index contributed by atoms with van der Waals surface area (Å²) >= 11 is 0. The van der Waals surface area contributed by atoms with Crippen LogP contribution in [-0.2, 0) is 11.2 Å². The quantitative estimate of drug-likeness (QED) is 0.747. The predicted molar refractivity (Wildman–Crippen MR) is 49.3 cm³/mol. The molecule has 0 aliphatic rings. The van der Waals surface area contributed by atoms with E-state index < -0.39 is 0 Å². The smallest absolute Gasteiger partial charge is 0.145 e. The van der Waals surface area contributed by atoms with Gasteiger partial charge >= 0.3 is 0 Å². The van der Waals surface area contributed by atoms with Crippen molar-refractivity contribution in [2.45, 2.75) is 34.1 Å². The van der Waals surface area contributed by atoms with Crippen molar-refractivity contribution in [2.24, 2.45) is 5.41 Å². The fraction of sp³-hybridized carbons (Fsp3) is 0.667. The number of nitrogens with one attached hydrogen (secondary N) is 1. The average molecular weight is 181 g/mol. The number of carbonyl (C=O) groups is 1. The lowest BCUT2D eigenvalue weighted by molar-refractivity contribution is -0.125. The van der Waals surface area contributed by atoms with Gasteiger partial charge in [0.1, 0.15) is 17.4 Å². The summed E-state index contributed by atoms with van der Waals surface area (Å²) in [5.74, 6) is 1.57. The molecule has 1 rings (SSSR count). The number of aromatic amines is 1. The van der Waals surface area contributed by atoms with E-state index in [1.807, 2.05) is 27.7 Å². The molecule has 0 amide bonds. The van der Waals surface area contributed by atoms with Gasteiger partial charge in [-0.2, -0.15) is 0 Å². The standard InChI is InChI=1S/C9H15N3O/c1-6-10-8(12-11-6)5-7(13)9(2,3)4/h5H2,1-4H3,(H,10,11,12). The first-order valence-electron chi connectivity index (χ1n) is 4.31. The number of nitrogens with zero attached hydrogens (tertiary/aromatic N) is 2. The Morgan fingerprint density at radius 3 is 2.38 bits per heavy atom. The summed E-state index contributed by atoms with van der Waals surface area (Å²) in [7, 11) is 0. The van der Waals surface area contributed by atoms with Crippen LogP contribution in [0.15, 0.2) is 0 Å². The first-order valence-corrected chi connectivity index (χ1v) is 4.31. The van der Waals surface area contributed by atoms with Gasteiger partial charge in [-0.15, -0.1) is 10.2 Å². The predicted octanol–water partition coefficient (Wildman–Crippen LogP) is 1.27. The summed E-state index contributed by atoms with van der Waals surface area (Å²) in [6.07, 6.45) is 0.338. The number of ketones is 1. The van der Waals surface area contributed by atoms with Gasteiger partial charge < -0.3 is 4.98 Å². The Morgan fingerprint density at radius 1 is 1.38 bits per heavy atom. The molecule has 0 aromatic carbocycles. The molecule has 72 valence electrons. The zero-order valence-corrected chi connectivity index (χ0v) is 8.51. The summed E-state index contributed by atoms with van der Waals surface area (Å²) in [6.45, 7) is 7.52. The van der Waals surface area contributed by atoms with Crippen molar-refractivity contribution < 1.29 is 4.79 Å². The van der Waals surface area contributed by atoms with Crippen LogP contribution >= 0.6 is 0 Å². The van der Waals surface area contributed by atoms with Crippen LogP contribution in [0, 0.1) is 12.3 Å². The second kappa shape index (κ2) is 3.28. The molecule has 0 bridgehead atoms. The van der Waals surface area contributed by atoms with E-state index in [1.54, 1.807) is 0 Å². The van der Waals surface area contributed by atoms with Crippen LogP contribution in [0.3, 0.4) is 0 Å². The molecule has 0 aliphatic heterocycles. The fourth-order valence-corrected chi connectivity index (χ4v) is 0.891. The van der Waals surface area contributed by atoms with Crippen molar-refractivity contribution in [3.8, 4) is 0 Å². The number of hydrogen-bond donors (Lipinski definition) is 1. The van der Waals surface area contributed by atoms with Crippen LogP contribution in [-0.4, -0.2) is 21.0 Å². The van der Waals surface area contributed by atoms with Crippen LogP contribution in [0.4, 0.5) is 0 Å². The summed E-state index contributed by atoms with van der Waals surface area (Å²) in [6, 6.07) is 0. The van der Waals surface area contributed by atoms with E-state index in [-0.39, 0.29) is 11.2 Å². The van der Waals surface area contributed by atoms with E-state index in [1.165, 1.54) is 0 Å². The highest BCUT2D eigenvalue weighted by atomic mass is 16.1. The third-order valence-electron chi connectivity index (χ3n) is 1.81. The van der Waals surface area contributed by atoms with E-state index in [0.29, 0.717) is 12.2 Å². The molecule has 4 nitrogen and oxygen atoms in total. The molecule has 1 heterocycles. The van der Waals surface area contributed by atoms with Gasteiger partial charge in [0.2, 0.25) is 0 Å². The number of Topliss-reactive ketones (excluding diaryl/α,β-unsaturated/α-hetero) is 1. The Labute approximate surface area is 77.8 Å². The molecule has 0 atom stereocenters. The molecular formula is C9H15N3O. The number of rotatable bonds is 2. The Kier molecular flexibility index (Phi) is 2.50. The zero-order valence-electron chi connectivity index (χ0n) is 8.51. The largest absolute Gasteiger partial charge is 0.329 e. The maximum atomic E-state index is 11.6. The Hall–Kier alpha value is -1.19. The molecular weight excluding hydrogens is 166 g/mol. The van der Waals surface area contributed by atoms with Gasteiger partial charge in [-0.25, -0.2) is 0 Å². The van der Waals surface area contributed by atoms with Crippen molar-refractivity contribution in [3.63, 3.8) is 0 Å². The normalized spacial score (nSPS) is 11.7. The molecule has 13 heavy (non-hydrogen) atoms. The molecule has 0 spiro atoms.